The molecule has 0 N–H and O–H groups in total. The first-order valence-electron chi connectivity index (χ1n) is 3.22. The lowest BCUT2D eigenvalue weighted by atomic mass is 10.2. The van der Waals surface area contributed by atoms with Crippen molar-refractivity contribution < 1.29 is 0 Å². The zero-order chi connectivity index (χ0) is 6.10. The van der Waals surface area contributed by atoms with Gasteiger partial charge in [0.15, 0.2) is 6.54 Å². The fraction of sp³-hybridized carbons (Fsp3) is 0.250. The van der Waals surface area contributed by atoms with Gasteiger partial charge >= 0.3 is 0 Å². The Bertz CT molecular complexity index is 195. The molecule has 0 aromatic heterocycles. The second-order valence-electron chi connectivity index (χ2n) is 2.26. The Morgan fingerprint density at radius 3 is 3.00 bits per heavy atom. The summed E-state index contributed by atoms with van der Waals surface area (Å²) < 4.78 is 0. The molecule has 1 aromatic rings. The van der Waals surface area contributed by atoms with Crippen molar-refractivity contribution in [3.8, 4) is 0 Å². The Labute approximate surface area is 54.7 Å². The third kappa shape index (κ3) is 0.736. The molecule has 0 amide bonds. The van der Waals surface area contributed by atoms with E-state index in [0.29, 0.717) is 0 Å². The molecule has 1 heterocycles. The van der Waals surface area contributed by atoms with Crippen LogP contribution >= 0.6 is 0 Å². The first-order chi connectivity index (χ1) is 4.47. The largest absolute Gasteiger partial charge is 0.248 e. The summed E-state index contributed by atoms with van der Waals surface area (Å²) >= 11 is 0. The highest BCUT2D eigenvalue weighted by molar-refractivity contribution is 5.47. The number of rotatable bonds is 0. The Hall–Kier alpha value is -0.820. The van der Waals surface area contributed by atoms with Crippen LogP contribution in [0.15, 0.2) is 24.3 Å². The van der Waals surface area contributed by atoms with Gasteiger partial charge in [0.05, 0.1) is 0 Å². The molecule has 0 saturated heterocycles. The van der Waals surface area contributed by atoms with Gasteiger partial charge < -0.3 is 0 Å². The van der Waals surface area contributed by atoms with Crippen LogP contribution in [0.1, 0.15) is 5.56 Å². The molecular weight excluding hydrogens is 110 g/mol. The van der Waals surface area contributed by atoms with Crippen LogP contribution in [0.2, 0.25) is 0 Å². The predicted octanol–water partition coefficient (Wildman–Crippen LogP) is 1.48. The highest BCUT2D eigenvalue weighted by atomic mass is 14.9. The number of benzene rings is 1. The van der Waals surface area contributed by atoms with Crippen molar-refractivity contribution in [2.45, 2.75) is 6.42 Å². The van der Waals surface area contributed by atoms with Crippen molar-refractivity contribution in [2.24, 2.45) is 0 Å². The van der Waals surface area contributed by atoms with Crippen molar-refractivity contribution in [1.29, 1.82) is 0 Å². The lowest BCUT2D eigenvalue weighted by molar-refractivity contribution is 0.909. The molecule has 1 aliphatic rings. The minimum absolute atomic E-state index is 0.985. The molecule has 0 aliphatic carbocycles. The standard InChI is InChI=1S/C8H8N/c1-2-4-8-7(3-1)5-6-9-8/h1-4H,5-6H2/q+1. The monoisotopic (exact) mass is 118 g/mol. The number of nitrogens with zero attached hydrogens (tertiary/aromatic N) is 1. The second-order valence-corrected chi connectivity index (χ2v) is 2.26. The van der Waals surface area contributed by atoms with Crippen LogP contribution in [0.5, 0.6) is 0 Å². The summed E-state index contributed by atoms with van der Waals surface area (Å²) in [5.74, 6) is 0. The fourth-order valence-corrected chi connectivity index (χ4v) is 1.17. The Kier molecular flexibility index (Phi) is 1.03. The molecule has 0 saturated carbocycles. The maximum absolute atomic E-state index is 4.30. The minimum Gasteiger partial charge on any atom is -0.0615 e. The van der Waals surface area contributed by atoms with E-state index in [-0.39, 0.29) is 0 Å². The molecule has 1 aliphatic heterocycles. The van der Waals surface area contributed by atoms with Crippen LogP contribution < -0.4 is 5.32 Å². The number of hydrogen-bond acceptors (Lipinski definition) is 0. The van der Waals surface area contributed by atoms with E-state index in [4.69, 9.17) is 0 Å². The van der Waals surface area contributed by atoms with E-state index in [9.17, 15) is 0 Å². The summed E-state index contributed by atoms with van der Waals surface area (Å²) in [6.45, 7) is 0.985. The third-order valence-electron chi connectivity index (χ3n) is 1.65. The number of hydrogen-bond donors (Lipinski definition) is 0. The van der Waals surface area contributed by atoms with Crippen LogP contribution in [-0.4, -0.2) is 6.54 Å². The van der Waals surface area contributed by atoms with Gasteiger partial charge in [0, 0.05) is 18.1 Å². The van der Waals surface area contributed by atoms with Gasteiger partial charge in [0.25, 0.3) is 0 Å². The third-order valence-corrected chi connectivity index (χ3v) is 1.65. The molecule has 0 fully saturated rings. The van der Waals surface area contributed by atoms with E-state index < -0.39 is 0 Å². The van der Waals surface area contributed by atoms with Gasteiger partial charge in [-0.1, -0.05) is 18.2 Å². The fourth-order valence-electron chi connectivity index (χ4n) is 1.17. The summed E-state index contributed by atoms with van der Waals surface area (Å²) in [5, 5.41) is 4.30. The molecule has 1 heteroatoms. The molecular formula is C8H8N+. The van der Waals surface area contributed by atoms with E-state index in [1.165, 1.54) is 11.3 Å². The van der Waals surface area contributed by atoms with Crippen LogP contribution in [0.25, 0.3) is 0 Å². The van der Waals surface area contributed by atoms with Gasteiger partial charge in [0.2, 0.25) is 5.69 Å². The zero-order valence-corrected chi connectivity index (χ0v) is 5.17. The van der Waals surface area contributed by atoms with E-state index >= 15 is 0 Å². The van der Waals surface area contributed by atoms with Crippen LogP contribution in [0.3, 0.4) is 0 Å². The van der Waals surface area contributed by atoms with Crippen molar-refractivity contribution in [2.75, 3.05) is 6.54 Å². The molecule has 0 unspecified atom stereocenters. The van der Waals surface area contributed by atoms with Crippen molar-refractivity contribution in [3.63, 3.8) is 0 Å². The molecule has 44 valence electrons. The van der Waals surface area contributed by atoms with Crippen molar-refractivity contribution in [1.82, 2.24) is 5.32 Å². The van der Waals surface area contributed by atoms with Gasteiger partial charge in [-0.15, -0.1) is 0 Å². The summed E-state index contributed by atoms with van der Waals surface area (Å²) in [7, 11) is 0. The predicted molar refractivity (Wildman–Crippen MR) is 36.8 cm³/mol. The van der Waals surface area contributed by atoms with E-state index in [0.717, 1.165) is 13.0 Å². The van der Waals surface area contributed by atoms with Crippen molar-refractivity contribution >= 4 is 5.69 Å². The SMILES string of the molecule is c1ccc2c(c1)CC[N+]2. The first kappa shape index (κ1) is 5.00. The van der Waals surface area contributed by atoms with Gasteiger partial charge in [-0.3, -0.25) is 0 Å². The highest BCUT2D eigenvalue weighted by Gasteiger charge is 2.22. The summed E-state index contributed by atoms with van der Waals surface area (Å²) in [4.78, 5) is 0. The maximum atomic E-state index is 4.30. The van der Waals surface area contributed by atoms with E-state index in [1.807, 2.05) is 6.07 Å². The Balaban J connectivity index is 2.54. The van der Waals surface area contributed by atoms with Gasteiger partial charge in [-0.25, -0.2) is 0 Å². The smallest absolute Gasteiger partial charge is 0.0615 e. The van der Waals surface area contributed by atoms with Crippen LogP contribution in [0, 0.1) is 0 Å². The minimum atomic E-state index is 0.985. The molecule has 0 bridgehead atoms. The van der Waals surface area contributed by atoms with E-state index in [1.54, 1.807) is 0 Å². The molecule has 2 rings (SSSR count). The highest BCUT2D eigenvalue weighted by Crippen LogP contribution is 2.20. The lowest BCUT2D eigenvalue weighted by Crippen LogP contribution is -1.88. The topological polar surface area (TPSA) is 14.1 Å². The maximum Gasteiger partial charge on any atom is 0.248 e. The average Bonchev–Trinajstić information content (AvgIpc) is 2.33. The lowest BCUT2D eigenvalue weighted by Gasteiger charge is -1.82. The molecule has 1 aromatic carbocycles. The molecule has 0 atom stereocenters. The number of para-hydroxylation sites is 1. The van der Waals surface area contributed by atoms with Gasteiger partial charge in [-0.2, -0.15) is 0 Å². The number of fused-ring (bicyclic) bond motifs is 1. The molecule has 2 radical (unpaired) electrons. The summed E-state index contributed by atoms with van der Waals surface area (Å²) in [6.07, 6.45) is 1.14. The quantitative estimate of drug-likeness (QED) is 0.490. The van der Waals surface area contributed by atoms with Gasteiger partial charge in [-0.05, 0) is 0 Å². The van der Waals surface area contributed by atoms with Gasteiger partial charge in [0.1, 0.15) is 5.32 Å². The molecule has 0 spiro atoms. The normalized spacial score (nSPS) is 15.6. The summed E-state index contributed by atoms with van der Waals surface area (Å²) in [5.41, 5.74) is 2.59. The second kappa shape index (κ2) is 1.85. The molecule has 1 nitrogen and oxygen atoms in total. The van der Waals surface area contributed by atoms with Crippen LogP contribution in [-0.2, 0) is 6.42 Å². The Morgan fingerprint density at radius 1 is 1.22 bits per heavy atom. The first-order valence-corrected chi connectivity index (χ1v) is 3.22. The summed E-state index contributed by atoms with van der Waals surface area (Å²) in [6, 6.07) is 8.32. The zero-order valence-electron chi connectivity index (χ0n) is 5.17. The van der Waals surface area contributed by atoms with E-state index in [2.05, 4.69) is 23.5 Å². The molecule has 9 heavy (non-hydrogen) atoms. The van der Waals surface area contributed by atoms with Crippen LogP contribution in [0.4, 0.5) is 5.69 Å². The average molecular weight is 118 g/mol. The van der Waals surface area contributed by atoms with Crippen molar-refractivity contribution in [3.05, 3.63) is 29.8 Å². The Morgan fingerprint density at radius 2 is 2.11 bits per heavy atom.